The number of fused-ring (bicyclic) bond motifs is 2. The van der Waals surface area contributed by atoms with Gasteiger partial charge in [0.1, 0.15) is 5.75 Å². The first-order valence-electron chi connectivity index (χ1n) is 8.15. The van der Waals surface area contributed by atoms with Gasteiger partial charge < -0.3 is 20.1 Å². The first kappa shape index (κ1) is 16.4. The van der Waals surface area contributed by atoms with E-state index in [1.165, 1.54) is 0 Å². The Morgan fingerprint density at radius 3 is 2.70 bits per heavy atom. The van der Waals surface area contributed by atoms with Crippen molar-refractivity contribution in [3.63, 3.8) is 0 Å². The summed E-state index contributed by atoms with van der Waals surface area (Å²) in [7, 11) is 1.61. The predicted octanol–water partition coefficient (Wildman–Crippen LogP) is 2.59. The molecule has 0 aliphatic carbocycles. The zero-order valence-electron chi connectivity index (χ0n) is 13.3. The van der Waals surface area contributed by atoms with Crippen LogP contribution in [0.2, 0.25) is 5.02 Å². The number of ether oxygens (including phenoxy) is 1. The topological polar surface area (TPSA) is 61.8 Å². The highest BCUT2D eigenvalue weighted by atomic mass is 35.5. The summed E-state index contributed by atoms with van der Waals surface area (Å²) in [5.74, 6) is 0.728. The van der Waals surface area contributed by atoms with Gasteiger partial charge in [0.25, 0.3) is 0 Å². The third-order valence-corrected chi connectivity index (χ3v) is 5.23. The fraction of sp³-hybridized carbons (Fsp3) is 0.588. The second kappa shape index (κ2) is 6.97. The lowest BCUT2D eigenvalue weighted by Crippen LogP contribution is -2.52. The number of rotatable bonds is 4. The van der Waals surface area contributed by atoms with Crippen molar-refractivity contribution in [3.8, 4) is 5.75 Å². The maximum Gasteiger partial charge on any atom is 0.317 e. The molecule has 2 atom stereocenters. The molecule has 1 aromatic carbocycles. The Hall–Kier alpha value is -1.46. The monoisotopic (exact) mass is 338 g/mol. The molecule has 2 bridgehead atoms. The van der Waals surface area contributed by atoms with Gasteiger partial charge in [-0.05, 0) is 49.8 Å². The Bertz CT molecular complexity index is 567. The van der Waals surface area contributed by atoms with E-state index in [2.05, 4.69) is 5.32 Å². The van der Waals surface area contributed by atoms with E-state index >= 15 is 0 Å². The van der Waals surface area contributed by atoms with E-state index in [-0.39, 0.29) is 24.2 Å². The van der Waals surface area contributed by atoms with E-state index < -0.39 is 0 Å². The number of methoxy groups -OCH3 is 1. The number of nitrogens with one attached hydrogen (secondary N) is 1. The average Bonchev–Trinajstić information content (AvgIpc) is 2.80. The molecule has 2 fully saturated rings. The Labute approximate surface area is 141 Å². The SMILES string of the molecule is COc1ccc(CCNC(=O)N2C3CCC2CC(O)C3)c(Cl)c1. The van der Waals surface area contributed by atoms with Crippen LogP contribution in [0.15, 0.2) is 18.2 Å². The van der Waals surface area contributed by atoms with Crippen molar-refractivity contribution in [3.05, 3.63) is 28.8 Å². The number of aliphatic hydroxyl groups is 1. The van der Waals surface area contributed by atoms with Crippen LogP contribution < -0.4 is 10.1 Å². The Morgan fingerprint density at radius 1 is 1.39 bits per heavy atom. The van der Waals surface area contributed by atoms with E-state index in [1.54, 1.807) is 13.2 Å². The van der Waals surface area contributed by atoms with Gasteiger partial charge in [0.05, 0.1) is 13.2 Å². The number of hydrogen-bond acceptors (Lipinski definition) is 3. The normalized spacial score (nSPS) is 26.2. The molecule has 1 aromatic rings. The number of benzene rings is 1. The van der Waals surface area contributed by atoms with E-state index in [4.69, 9.17) is 16.3 Å². The summed E-state index contributed by atoms with van der Waals surface area (Å²) >= 11 is 6.21. The second-order valence-electron chi connectivity index (χ2n) is 6.36. The molecule has 2 N–H and O–H groups in total. The number of carbonyl (C=O) groups is 1. The lowest BCUT2D eigenvalue weighted by atomic mass is 10.0. The largest absolute Gasteiger partial charge is 0.497 e. The van der Waals surface area contributed by atoms with Gasteiger partial charge in [0.2, 0.25) is 0 Å². The van der Waals surface area contributed by atoms with E-state index in [9.17, 15) is 9.90 Å². The molecular formula is C17H23ClN2O3. The van der Waals surface area contributed by atoms with Gasteiger partial charge >= 0.3 is 6.03 Å². The number of aliphatic hydroxyl groups excluding tert-OH is 1. The lowest BCUT2D eigenvalue weighted by molar-refractivity contribution is 0.0543. The van der Waals surface area contributed by atoms with Crippen molar-refractivity contribution in [1.29, 1.82) is 0 Å². The molecule has 0 spiro atoms. The summed E-state index contributed by atoms with van der Waals surface area (Å²) in [4.78, 5) is 14.4. The van der Waals surface area contributed by atoms with Gasteiger partial charge in [-0.2, -0.15) is 0 Å². The van der Waals surface area contributed by atoms with Crippen LogP contribution in [-0.2, 0) is 6.42 Å². The Kier molecular flexibility index (Phi) is 4.97. The van der Waals surface area contributed by atoms with E-state index in [0.717, 1.165) is 24.2 Å². The standard InChI is InChI=1S/C17H23ClN2O3/c1-23-15-5-2-11(16(18)10-15)6-7-19-17(22)20-12-3-4-13(20)9-14(21)8-12/h2,5,10,12-14,21H,3-4,6-9H2,1H3,(H,19,22). The van der Waals surface area contributed by atoms with E-state index in [1.807, 2.05) is 17.0 Å². The maximum atomic E-state index is 12.4. The molecule has 2 amide bonds. The molecule has 2 unspecified atom stereocenters. The summed E-state index contributed by atoms with van der Waals surface area (Å²) < 4.78 is 5.13. The number of carbonyl (C=O) groups excluding carboxylic acids is 1. The zero-order valence-corrected chi connectivity index (χ0v) is 14.1. The third kappa shape index (κ3) is 3.56. The van der Waals surface area contributed by atoms with Crippen LogP contribution in [0.3, 0.4) is 0 Å². The Balaban J connectivity index is 1.52. The van der Waals surface area contributed by atoms with Crippen LogP contribution in [0.25, 0.3) is 0 Å². The molecule has 2 aliphatic rings. The molecule has 5 nitrogen and oxygen atoms in total. The molecule has 2 heterocycles. The molecule has 0 saturated carbocycles. The molecule has 2 saturated heterocycles. The number of hydrogen-bond donors (Lipinski definition) is 2. The van der Waals surface area contributed by atoms with Gasteiger partial charge in [-0.3, -0.25) is 0 Å². The van der Waals surface area contributed by atoms with Crippen molar-refractivity contribution >= 4 is 17.6 Å². The average molecular weight is 339 g/mol. The van der Waals surface area contributed by atoms with Crippen molar-refractivity contribution in [2.75, 3.05) is 13.7 Å². The number of nitrogens with zero attached hydrogens (tertiary/aromatic N) is 1. The minimum absolute atomic E-state index is 0.0194. The maximum absolute atomic E-state index is 12.4. The summed E-state index contributed by atoms with van der Waals surface area (Å²) in [6.07, 6.45) is 3.83. The highest BCUT2D eigenvalue weighted by molar-refractivity contribution is 6.31. The quantitative estimate of drug-likeness (QED) is 0.887. The molecular weight excluding hydrogens is 316 g/mol. The molecule has 2 aliphatic heterocycles. The highest BCUT2D eigenvalue weighted by Gasteiger charge is 2.42. The van der Waals surface area contributed by atoms with Crippen LogP contribution in [0.5, 0.6) is 5.75 Å². The molecule has 0 radical (unpaired) electrons. The van der Waals surface area contributed by atoms with Gasteiger partial charge in [-0.25, -0.2) is 4.79 Å². The van der Waals surface area contributed by atoms with Crippen molar-refractivity contribution < 1.29 is 14.6 Å². The summed E-state index contributed by atoms with van der Waals surface area (Å²) in [6.45, 7) is 0.545. The third-order valence-electron chi connectivity index (χ3n) is 4.87. The molecule has 126 valence electrons. The van der Waals surface area contributed by atoms with Crippen molar-refractivity contribution in [2.24, 2.45) is 0 Å². The molecule has 0 aromatic heterocycles. The Morgan fingerprint density at radius 2 is 2.09 bits per heavy atom. The van der Waals surface area contributed by atoms with Gasteiger partial charge in [0, 0.05) is 23.7 Å². The van der Waals surface area contributed by atoms with Crippen LogP contribution in [0, 0.1) is 0 Å². The number of piperidine rings is 1. The van der Waals surface area contributed by atoms with Crippen molar-refractivity contribution in [2.45, 2.75) is 50.3 Å². The fourth-order valence-electron chi connectivity index (χ4n) is 3.73. The summed E-state index contributed by atoms with van der Waals surface area (Å²) in [6, 6.07) is 5.94. The van der Waals surface area contributed by atoms with Gasteiger partial charge in [0.15, 0.2) is 0 Å². The van der Waals surface area contributed by atoms with Crippen molar-refractivity contribution in [1.82, 2.24) is 10.2 Å². The molecule has 6 heteroatoms. The minimum Gasteiger partial charge on any atom is -0.497 e. The fourth-order valence-corrected chi connectivity index (χ4v) is 4.00. The highest BCUT2D eigenvalue weighted by Crippen LogP contribution is 2.35. The predicted molar refractivity (Wildman–Crippen MR) is 89.0 cm³/mol. The van der Waals surface area contributed by atoms with Gasteiger partial charge in [-0.1, -0.05) is 17.7 Å². The first-order chi connectivity index (χ1) is 11.1. The van der Waals surface area contributed by atoms with Gasteiger partial charge in [-0.15, -0.1) is 0 Å². The number of halogens is 1. The smallest absolute Gasteiger partial charge is 0.317 e. The van der Waals surface area contributed by atoms with Crippen LogP contribution >= 0.6 is 11.6 Å². The first-order valence-corrected chi connectivity index (χ1v) is 8.53. The minimum atomic E-state index is -0.255. The second-order valence-corrected chi connectivity index (χ2v) is 6.76. The zero-order chi connectivity index (χ0) is 16.4. The van der Waals surface area contributed by atoms with Crippen LogP contribution in [0.4, 0.5) is 4.79 Å². The van der Waals surface area contributed by atoms with Crippen LogP contribution in [0.1, 0.15) is 31.2 Å². The molecule has 3 rings (SSSR count). The lowest BCUT2D eigenvalue weighted by Gasteiger charge is -2.37. The summed E-state index contributed by atoms with van der Waals surface area (Å²) in [5, 5.41) is 13.4. The van der Waals surface area contributed by atoms with Crippen LogP contribution in [-0.4, -0.2) is 47.9 Å². The number of amides is 2. The van der Waals surface area contributed by atoms with E-state index in [0.29, 0.717) is 30.8 Å². The molecule has 23 heavy (non-hydrogen) atoms. The summed E-state index contributed by atoms with van der Waals surface area (Å²) in [5.41, 5.74) is 0.991. The number of urea groups is 1.